The number of carbonyl (C=O) groups is 3. The number of carboxylic acid groups (broad SMARTS) is 1. The van der Waals surface area contributed by atoms with E-state index >= 15 is 0 Å². The Morgan fingerprint density at radius 3 is 2.44 bits per heavy atom. The molecule has 3 aliphatic rings. The van der Waals surface area contributed by atoms with Gasteiger partial charge in [-0.1, -0.05) is 13.8 Å². The largest absolute Gasteiger partial charge is 0.481 e. The quantitative estimate of drug-likeness (QED) is 0.471. The maximum Gasteiger partial charge on any atom is 0.410 e. The fraction of sp³-hybridized carbons (Fsp3) is 0.724. The van der Waals surface area contributed by atoms with Gasteiger partial charge in [0, 0.05) is 39.0 Å². The molecule has 10 nitrogen and oxygen atoms in total. The van der Waals surface area contributed by atoms with E-state index in [2.05, 4.69) is 16.4 Å². The van der Waals surface area contributed by atoms with E-state index in [9.17, 15) is 19.5 Å². The van der Waals surface area contributed by atoms with Gasteiger partial charge in [0.1, 0.15) is 5.60 Å². The summed E-state index contributed by atoms with van der Waals surface area (Å²) in [4.78, 5) is 47.1. The molecule has 4 rings (SSSR count). The van der Waals surface area contributed by atoms with Crippen LogP contribution in [-0.2, 0) is 14.3 Å². The number of carbonyl (C=O) groups excluding carboxylic acids is 2. The van der Waals surface area contributed by atoms with Gasteiger partial charge in [-0.15, -0.1) is 0 Å². The lowest BCUT2D eigenvalue weighted by Crippen LogP contribution is -2.57. The van der Waals surface area contributed by atoms with E-state index in [1.807, 2.05) is 13.8 Å². The van der Waals surface area contributed by atoms with Crippen LogP contribution in [0.1, 0.15) is 88.7 Å². The summed E-state index contributed by atoms with van der Waals surface area (Å²) in [5.74, 6) is -1.43. The summed E-state index contributed by atoms with van der Waals surface area (Å²) in [7, 11) is 1.71. The number of hydrogen-bond donors (Lipinski definition) is 2. The first-order chi connectivity index (χ1) is 18.3. The number of amides is 2. The topological polar surface area (TPSA) is 121 Å². The first-order valence-electron chi connectivity index (χ1n) is 14.2. The van der Waals surface area contributed by atoms with Gasteiger partial charge in [-0.3, -0.25) is 9.59 Å². The molecule has 2 heterocycles. The summed E-state index contributed by atoms with van der Waals surface area (Å²) in [6, 6.07) is 1.77. The van der Waals surface area contributed by atoms with Crippen molar-refractivity contribution in [2.45, 2.75) is 96.4 Å². The average Bonchev–Trinajstić information content (AvgIpc) is 3.68. The molecule has 2 aliphatic carbocycles. The fourth-order valence-electron chi connectivity index (χ4n) is 5.38. The smallest absolute Gasteiger partial charge is 0.410 e. The van der Waals surface area contributed by atoms with Crippen molar-refractivity contribution in [2.24, 2.45) is 11.8 Å². The number of carboxylic acids is 1. The number of aliphatic carboxylic acids is 1. The molecule has 1 aromatic rings. The van der Waals surface area contributed by atoms with Gasteiger partial charge < -0.3 is 29.7 Å². The lowest BCUT2D eigenvalue weighted by Gasteiger charge is -2.42. The molecule has 1 aliphatic heterocycles. The molecule has 0 aromatic carbocycles. The number of aromatic nitrogens is 1. The predicted molar refractivity (Wildman–Crippen MR) is 147 cm³/mol. The Hall–Kier alpha value is -2.88. The second kappa shape index (κ2) is 11.7. The van der Waals surface area contributed by atoms with E-state index in [1.54, 1.807) is 39.0 Å². The van der Waals surface area contributed by atoms with Gasteiger partial charge in [-0.25, -0.2) is 9.78 Å². The van der Waals surface area contributed by atoms with Crippen LogP contribution in [0.2, 0.25) is 0 Å². The van der Waals surface area contributed by atoms with Gasteiger partial charge in [0.25, 0.3) is 5.91 Å². The summed E-state index contributed by atoms with van der Waals surface area (Å²) >= 11 is 0. The van der Waals surface area contributed by atoms with E-state index in [0.29, 0.717) is 23.8 Å². The number of hydrogen-bond acceptors (Lipinski definition) is 7. The fourth-order valence-corrected chi connectivity index (χ4v) is 5.38. The van der Waals surface area contributed by atoms with Crippen molar-refractivity contribution in [1.82, 2.24) is 14.8 Å². The number of pyridine rings is 1. The van der Waals surface area contributed by atoms with Gasteiger partial charge in [0.05, 0.1) is 23.8 Å². The molecule has 2 atom stereocenters. The molecule has 2 saturated carbocycles. The number of nitrogens with one attached hydrogen (secondary N) is 1. The highest BCUT2D eigenvalue weighted by molar-refractivity contribution is 5.98. The minimum atomic E-state index is -0.989. The van der Waals surface area contributed by atoms with Crippen molar-refractivity contribution < 1.29 is 29.0 Å². The third-order valence-corrected chi connectivity index (χ3v) is 7.64. The first kappa shape index (κ1) is 29.1. The van der Waals surface area contributed by atoms with Crippen molar-refractivity contribution in [2.75, 3.05) is 32.1 Å². The lowest BCUT2D eigenvalue weighted by molar-refractivity contribution is -0.144. The van der Waals surface area contributed by atoms with Crippen LogP contribution in [-0.4, -0.2) is 88.4 Å². The van der Waals surface area contributed by atoms with E-state index in [4.69, 9.17) is 9.47 Å². The molecular weight excluding hydrogens is 500 g/mol. The Balaban J connectivity index is 1.62. The number of likely N-dealkylation sites (tertiary alicyclic amines) is 1. The minimum Gasteiger partial charge on any atom is -0.481 e. The zero-order chi connectivity index (χ0) is 28.5. The highest BCUT2D eigenvalue weighted by Crippen LogP contribution is 2.41. The van der Waals surface area contributed by atoms with E-state index < -0.39 is 29.6 Å². The SMILES string of the molecule is COC1CC(Nc2cc(C3CC3)cnc2C(=O)N(CC(C)C)[C@H]2C[C@@H](C(=O)O)CN(C(=O)OC(C)(C)C)C2)C1. The molecule has 0 spiro atoms. The number of ether oxygens (including phenoxy) is 2. The maximum absolute atomic E-state index is 14.2. The second-order valence-corrected chi connectivity index (χ2v) is 12.8. The van der Waals surface area contributed by atoms with Gasteiger partial charge in [-0.2, -0.15) is 0 Å². The van der Waals surface area contributed by atoms with Crippen molar-refractivity contribution in [3.05, 3.63) is 23.5 Å². The van der Waals surface area contributed by atoms with Crippen LogP contribution >= 0.6 is 0 Å². The Morgan fingerprint density at radius 1 is 1.18 bits per heavy atom. The lowest BCUT2D eigenvalue weighted by atomic mass is 9.89. The zero-order valence-electron chi connectivity index (χ0n) is 24.1. The molecule has 10 heteroatoms. The molecule has 0 radical (unpaired) electrons. The highest BCUT2D eigenvalue weighted by Gasteiger charge is 2.41. The third kappa shape index (κ3) is 7.41. The number of nitrogens with zero attached hydrogens (tertiary/aromatic N) is 3. The molecule has 1 saturated heterocycles. The van der Waals surface area contributed by atoms with Crippen LogP contribution < -0.4 is 5.32 Å². The summed E-state index contributed by atoms with van der Waals surface area (Å²) in [5, 5.41) is 13.4. The molecule has 0 unspecified atom stereocenters. The van der Waals surface area contributed by atoms with Gasteiger partial charge in [0.15, 0.2) is 5.69 Å². The third-order valence-electron chi connectivity index (χ3n) is 7.64. The summed E-state index contributed by atoms with van der Waals surface area (Å²) in [5.41, 5.74) is 1.47. The van der Waals surface area contributed by atoms with Crippen LogP contribution in [0.5, 0.6) is 0 Å². The standard InChI is InChI=1S/C29H44N4O6/c1-17(2)14-33(22-9-20(27(35)36)15-32(16-22)28(37)39-29(3,4)5)26(34)25-24(31-21-11-23(12-21)38-6)10-19(13-30-25)18-7-8-18/h10,13,17-18,20-23,31H,7-9,11-12,14-16H2,1-6H3,(H,35,36)/t20-,21?,22+,23?/m1/s1. The summed E-state index contributed by atoms with van der Waals surface area (Å²) in [6.45, 7) is 10.0. The zero-order valence-corrected chi connectivity index (χ0v) is 24.1. The highest BCUT2D eigenvalue weighted by atomic mass is 16.6. The van der Waals surface area contributed by atoms with Crippen LogP contribution in [0, 0.1) is 11.8 Å². The molecule has 2 amide bonds. The predicted octanol–water partition coefficient (Wildman–Crippen LogP) is 4.36. The van der Waals surface area contributed by atoms with Crippen molar-refractivity contribution in [3.8, 4) is 0 Å². The molecule has 216 valence electrons. The van der Waals surface area contributed by atoms with Crippen LogP contribution in [0.15, 0.2) is 12.3 Å². The summed E-state index contributed by atoms with van der Waals surface area (Å²) < 4.78 is 11.0. The van der Waals surface area contributed by atoms with E-state index in [1.165, 1.54) is 4.90 Å². The molecule has 3 fully saturated rings. The number of piperidine rings is 1. The number of anilines is 1. The van der Waals surface area contributed by atoms with Crippen LogP contribution in [0.3, 0.4) is 0 Å². The monoisotopic (exact) mass is 544 g/mol. The molecule has 0 bridgehead atoms. The normalized spacial score (nSPS) is 25.2. The van der Waals surface area contributed by atoms with Crippen LogP contribution in [0.25, 0.3) is 0 Å². The van der Waals surface area contributed by atoms with Crippen molar-refractivity contribution in [3.63, 3.8) is 0 Å². The first-order valence-corrected chi connectivity index (χ1v) is 14.2. The Morgan fingerprint density at radius 2 is 1.87 bits per heavy atom. The average molecular weight is 545 g/mol. The Labute approximate surface area is 231 Å². The second-order valence-electron chi connectivity index (χ2n) is 12.8. The van der Waals surface area contributed by atoms with Gasteiger partial charge >= 0.3 is 12.1 Å². The Kier molecular flexibility index (Phi) is 8.73. The summed E-state index contributed by atoms with van der Waals surface area (Å²) in [6.07, 6.45) is 5.69. The molecule has 39 heavy (non-hydrogen) atoms. The maximum atomic E-state index is 14.2. The van der Waals surface area contributed by atoms with E-state index in [-0.39, 0.29) is 43.5 Å². The molecular formula is C29H44N4O6. The molecule has 1 aromatic heterocycles. The minimum absolute atomic E-state index is 0.0495. The number of methoxy groups -OCH3 is 1. The van der Waals surface area contributed by atoms with Gasteiger partial charge in [-0.05, 0) is 76.3 Å². The Bertz CT molecular complexity index is 1060. The van der Waals surface area contributed by atoms with Gasteiger partial charge in [0.2, 0.25) is 0 Å². The van der Waals surface area contributed by atoms with Crippen LogP contribution in [0.4, 0.5) is 10.5 Å². The molecule has 2 N–H and O–H groups in total. The van der Waals surface area contributed by atoms with Crippen molar-refractivity contribution >= 4 is 23.7 Å². The van der Waals surface area contributed by atoms with E-state index in [0.717, 1.165) is 31.2 Å². The number of rotatable bonds is 9. The van der Waals surface area contributed by atoms with Crippen molar-refractivity contribution in [1.29, 1.82) is 0 Å².